The van der Waals surface area contributed by atoms with E-state index in [1.54, 1.807) is 20.8 Å². The summed E-state index contributed by atoms with van der Waals surface area (Å²) in [5, 5.41) is -0.705. The largest absolute Gasteiger partial charge is 0.456 e. The van der Waals surface area contributed by atoms with E-state index in [-0.39, 0.29) is 5.56 Å². The first-order valence-corrected chi connectivity index (χ1v) is 4.97. The number of rotatable bonds is 1. The predicted octanol–water partition coefficient (Wildman–Crippen LogP) is 3.57. The van der Waals surface area contributed by atoms with E-state index in [4.69, 9.17) is 16.3 Å². The van der Waals surface area contributed by atoms with Gasteiger partial charge in [0.2, 0.25) is 0 Å². The van der Waals surface area contributed by atoms with Crippen molar-refractivity contribution in [2.75, 3.05) is 0 Å². The molecule has 0 aliphatic heterocycles. The molecular formula is C11H11ClF2O2. The fourth-order valence-corrected chi connectivity index (χ4v) is 1.18. The van der Waals surface area contributed by atoms with E-state index < -0.39 is 28.2 Å². The molecule has 0 bridgehead atoms. The molecule has 0 radical (unpaired) electrons. The fourth-order valence-electron chi connectivity index (χ4n) is 1.02. The molecule has 0 aliphatic rings. The summed E-state index contributed by atoms with van der Waals surface area (Å²) < 4.78 is 31.2. The summed E-state index contributed by atoms with van der Waals surface area (Å²) in [6.45, 7) is 4.94. The Morgan fingerprint density at radius 2 is 1.88 bits per heavy atom. The smallest absolute Gasteiger partial charge is 0.341 e. The molecular weight excluding hydrogens is 238 g/mol. The van der Waals surface area contributed by atoms with Crippen molar-refractivity contribution in [2.24, 2.45) is 0 Å². The molecule has 5 heteroatoms. The predicted molar refractivity (Wildman–Crippen MR) is 56.5 cm³/mol. The topological polar surface area (TPSA) is 26.3 Å². The average Bonchev–Trinajstić information content (AvgIpc) is 2.11. The highest BCUT2D eigenvalue weighted by molar-refractivity contribution is 6.31. The number of carbonyl (C=O) groups excluding carboxylic acids is 1. The molecule has 0 fully saturated rings. The Balaban J connectivity index is 3.06. The monoisotopic (exact) mass is 248 g/mol. The number of hydrogen-bond donors (Lipinski definition) is 0. The van der Waals surface area contributed by atoms with E-state index in [1.165, 1.54) is 0 Å². The lowest BCUT2D eigenvalue weighted by molar-refractivity contribution is 0.00647. The number of ether oxygens (including phenoxy) is 1. The van der Waals surface area contributed by atoms with Gasteiger partial charge in [0.15, 0.2) is 5.82 Å². The van der Waals surface area contributed by atoms with Crippen LogP contribution in [0.4, 0.5) is 8.78 Å². The summed E-state index contributed by atoms with van der Waals surface area (Å²) in [6.07, 6.45) is 0. The second-order valence-electron chi connectivity index (χ2n) is 4.22. The molecule has 88 valence electrons. The summed E-state index contributed by atoms with van der Waals surface area (Å²) in [5.74, 6) is -2.88. The Morgan fingerprint density at radius 3 is 2.38 bits per heavy atom. The van der Waals surface area contributed by atoms with Gasteiger partial charge < -0.3 is 4.74 Å². The van der Waals surface area contributed by atoms with Crippen LogP contribution in [0.15, 0.2) is 12.1 Å². The van der Waals surface area contributed by atoms with Crippen molar-refractivity contribution in [2.45, 2.75) is 26.4 Å². The molecule has 0 heterocycles. The van der Waals surface area contributed by atoms with Crippen LogP contribution in [0.25, 0.3) is 0 Å². The molecule has 0 saturated heterocycles. The van der Waals surface area contributed by atoms with Gasteiger partial charge in [-0.05, 0) is 32.9 Å². The van der Waals surface area contributed by atoms with Gasteiger partial charge >= 0.3 is 5.97 Å². The van der Waals surface area contributed by atoms with E-state index >= 15 is 0 Å². The molecule has 0 aliphatic carbocycles. The highest BCUT2D eigenvalue weighted by Gasteiger charge is 2.23. The van der Waals surface area contributed by atoms with Gasteiger partial charge in [-0.25, -0.2) is 13.6 Å². The standard InChI is InChI=1S/C11H11ClF2O2/c1-11(2,3)16-10(15)6-4-5-7(13)8(12)9(6)14/h4-5H,1-3H3. The van der Waals surface area contributed by atoms with Crippen molar-refractivity contribution in [3.05, 3.63) is 34.4 Å². The summed E-state index contributed by atoms with van der Waals surface area (Å²) in [7, 11) is 0. The van der Waals surface area contributed by atoms with Crippen molar-refractivity contribution in [3.8, 4) is 0 Å². The first-order valence-electron chi connectivity index (χ1n) is 4.59. The van der Waals surface area contributed by atoms with Gasteiger partial charge in [-0.15, -0.1) is 0 Å². The highest BCUT2D eigenvalue weighted by Crippen LogP contribution is 2.23. The summed E-state index contributed by atoms with van der Waals surface area (Å²) in [6, 6.07) is 1.93. The maximum absolute atomic E-state index is 13.4. The van der Waals surface area contributed by atoms with Gasteiger partial charge in [0.1, 0.15) is 16.4 Å². The number of benzene rings is 1. The van der Waals surface area contributed by atoms with Gasteiger partial charge in [-0.3, -0.25) is 0 Å². The van der Waals surface area contributed by atoms with Crippen molar-refractivity contribution in [1.29, 1.82) is 0 Å². The van der Waals surface area contributed by atoms with Crippen LogP contribution >= 0.6 is 11.6 Å². The molecule has 0 saturated carbocycles. The maximum Gasteiger partial charge on any atom is 0.341 e. The third-order valence-corrected chi connectivity index (χ3v) is 2.00. The zero-order valence-corrected chi connectivity index (χ0v) is 9.86. The Kier molecular flexibility index (Phi) is 3.53. The maximum atomic E-state index is 13.4. The molecule has 0 N–H and O–H groups in total. The molecule has 0 amide bonds. The van der Waals surface area contributed by atoms with Crippen LogP contribution in [-0.4, -0.2) is 11.6 Å². The lowest BCUT2D eigenvalue weighted by Gasteiger charge is -2.19. The second-order valence-corrected chi connectivity index (χ2v) is 4.60. The van der Waals surface area contributed by atoms with Crippen LogP contribution in [0, 0.1) is 11.6 Å². The lowest BCUT2D eigenvalue weighted by atomic mass is 10.1. The van der Waals surface area contributed by atoms with Crippen LogP contribution in [0.5, 0.6) is 0 Å². The molecule has 0 unspecified atom stereocenters. The number of halogens is 3. The number of esters is 1. The van der Waals surface area contributed by atoms with Crippen molar-refractivity contribution in [3.63, 3.8) is 0 Å². The second kappa shape index (κ2) is 4.37. The Labute approximate surface area is 97.2 Å². The molecule has 0 atom stereocenters. The normalized spacial score (nSPS) is 11.4. The molecule has 16 heavy (non-hydrogen) atoms. The zero-order chi connectivity index (χ0) is 12.5. The minimum Gasteiger partial charge on any atom is -0.456 e. The van der Waals surface area contributed by atoms with E-state index in [0.717, 1.165) is 12.1 Å². The third-order valence-electron chi connectivity index (χ3n) is 1.65. The molecule has 1 rings (SSSR count). The Hall–Kier alpha value is -1.16. The minimum atomic E-state index is -1.10. The third kappa shape index (κ3) is 2.92. The molecule has 0 spiro atoms. The van der Waals surface area contributed by atoms with Crippen LogP contribution in [0.2, 0.25) is 5.02 Å². The highest BCUT2D eigenvalue weighted by atomic mass is 35.5. The van der Waals surface area contributed by atoms with Gasteiger partial charge in [0, 0.05) is 0 Å². The Bertz CT molecular complexity index is 425. The Morgan fingerprint density at radius 1 is 1.31 bits per heavy atom. The minimum absolute atomic E-state index is 0.374. The first-order chi connectivity index (χ1) is 7.22. The molecule has 1 aromatic rings. The van der Waals surface area contributed by atoms with Crippen molar-refractivity contribution in [1.82, 2.24) is 0 Å². The first kappa shape index (κ1) is 12.9. The summed E-state index contributed by atoms with van der Waals surface area (Å²) in [4.78, 5) is 11.5. The summed E-state index contributed by atoms with van der Waals surface area (Å²) in [5.41, 5.74) is -1.12. The lowest BCUT2D eigenvalue weighted by Crippen LogP contribution is -2.24. The van der Waals surface area contributed by atoms with E-state index in [0.29, 0.717) is 0 Å². The molecule has 2 nitrogen and oxygen atoms in total. The average molecular weight is 249 g/mol. The van der Waals surface area contributed by atoms with Gasteiger partial charge in [-0.2, -0.15) is 0 Å². The van der Waals surface area contributed by atoms with Gasteiger partial charge in [0.05, 0.1) is 5.56 Å². The van der Waals surface area contributed by atoms with Gasteiger partial charge in [0.25, 0.3) is 0 Å². The zero-order valence-electron chi connectivity index (χ0n) is 9.11. The van der Waals surface area contributed by atoms with Crippen molar-refractivity contribution >= 4 is 17.6 Å². The van der Waals surface area contributed by atoms with Crippen LogP contribution in [0.1, 0.15) is 31.1 Å². The quantitative estimate of drug-likeness (QED) is 0.561. The molecule has 0 aromatic heterocycles. The summed E-state index contributed by atoms with van der Waals surface area (Å²) >= 11 is 5.34. The fraction of sp³-hybridized carbons (Fsp3) is 0.364. The van der Waals surface area contributed by atoms with E-state index in [9.17, 15) is 13.6 Å². The van der Waals surface area contributed by atoms with Crippen LogP contribution in [0.3, 0.4) is 0 Å². The van der Waals surface area contributed by atoms with Crippen LogP contribution in [-0.2, 0) is 4.74 Å². The van der Waals surface area contributed by atoms with Crippen LogP contribution < -0.4 is 0 Å². The molecule has 1 aromatic carbocycles. The SMILES string of the molecule is CC(C)(C)OC(=O)c1ccc(F)c(Cl)c1F. The van der Waals surface area contributed by atoms with Gasteiger partial charge in [-0.1, -0.05) is 11.6 Å². The number of hydrogen-bond acceptors (Lipinski definition) is 2. The van der Waals surface area contributed by atoms with E-state index in [2.05, 4.69) is 0 Å². The number of carbonyl (C=O) groups is 1. The van der Waals surface area contributed by atoms with E-state index in [1.807, 2.05) is 0 Å². The van der Waals surface area contributed by atoms with Crippen molar-refractivity contribution < 1.29 is 18.3 Å².